The van der Waals surface area contributed by atoms with Crippen molar-refractivity contribution >= 4 is 23.5 Å². The summed E-state index contributed by atoms with van der Waals surface area (Å²) in [6.07, 6.45) is 0. The van der Waals surface area contributed by atoms with Gasteiger partial charge in [0, 0.05) is 41.6 Å². The molecule has 0 N–H and O–H groups in total. The summed E-state index contributed by atoms with van der Waals surface area (Å²) in [6.45, 7) is 1.07. The first-order chi connectivity index (χ1) is 16.0. The van der Waals surface area contributed by atoms with Crippen LogP contribution in [0, 0.1) is 0 Å². The van der Waals surface area contributed by atoms with E-state index in [-0.39, 0.29) is 12.7 Å². The average Bonchev–Trinajstić information content (AvgIpc) is 3.10. The van der Waals surface area contributed by atoms with Crippen molar-refractivity contribution in [3.63, 3.8) is 0 Å². The predicted molar refractivity (Wildman–Crippen MR) is 118 cm³/mol. The molecule has 7 nitrogen and oxygen atoms in total. The molecule has 168 valence electrons. The van der Waals surface area contributed by atoms with E-state index in [4.69, 9.17) is 35.3 Å². The Kier molecular flexibility index (Phi) is 5.13. The molecule has 0 fully saturated rings. The van der Waals surface area contributed by atoms with E-state index in [1.807, 2.05) is 18.2 Å². The summed E-state index contributed by atoms with van der Waals surface area (Å²) in [6, 6.07) is 16.0. The molecular weight excluding hydrogens is 448 g/mol. The molecule has 3 aromatic rings. The molecule has 3 aromatic carbocycles. The van der Waals surface area contributed by atoms with E-state index < -0.39 is 17.5 Å². The van der Waals surface area contributed by atoms with E-state index >= 15 is 0 Å². The zero-order valence-corrected chi connectivity index (χ0v) is 18.6. The number of rotatable bonds is 5. The molecule has 0 saturated carbocycles. The number of ether oxygens (including phenoxy) is 5. The smallest absolute Gasteiger partial charge is 0.340 e. The second kappa shape index (κ2) is 8.01. The SMILES string of the molecule is COc1ccc2c(c1)Oc1cc(OCOC(C)=O)ccc1C21OC(=O)c2cc(CCl)ccc21. The Labute approximate surface area is 194 Å². The number of alkyl halides is 1. The van der Waals surface area contributed by atoms with E-state index in [2.05, 4.69) is 0 Å². The van der Waals surface area contributed by atoms with Crippen molar-refractivity contribution in [1.82, 2.24) is 0 Å². The second-order valence-electron chi connectivity index (χ2n) is 7.60. The number of halogens is 1. The van der Waals surface area contributed by atoms with Gasteiger partial charge in [-0.1, -0.05) is 12.1 Å². The maximum Gasteiger partial charge on any atom is 0.340 e. The quantitative estimate of drug-likeness (QED) is 0.300. The summed E-state index contributed by atoms with van der Waals surface area (Å²) in [4.78, 5) is 24.0. The van der Waals surface area contributed by atoms with Gasteiger partial charge in [0.1, 0.15) is 23.0 Å². The normalized spacial score (nSPS) is 17.4. The maximum atomic E-state index is 13.0. The Bertz CT molecular complexity index is 1290. The lowest BCUT2D eigenvalue weighted by atomic mass is 9.77. The Morgan fingerprint density at radius 2 is 1.64 bits per heavy atom. The van der Waals surface area contributed by atoms with Crippen molar-refractivity contribution in [3.05, 3.63) is 82.4 Å². The molecule has 0 amide bonds. The molecule has 33 heavy (non-hydrogen) atoms. The molecule has 2 aliphatic heterocycles. The molecule has 2 heterocycles. The molecule has 8 heteroatoms. The van der Waals surface area contributed by atoms with E-state index in [0.29, 0.717) is 45.3 Å². The van der Waals surface area contributed by atoms with Gasteiger partial charge in [-0.05, 0) is 35.9 Å². The Balaban J connectivity index is 1.68. The van der Waals surface area contributed by atoms with E-state index in [0.717, 1.165) is 5.56 Å². The molecule has 0 aromatic heterocycles. The van der Waals surface area contributed by atoms with Gasteiger partial charge in [0.2, 0.25) is 6.79 Å². The number of methoxy groups -OCH3 is 1. The van der Waals surface area contributed by atoms with Crippen LogP contribution in [-0.2, 0) is 25.7 Å². The first kappa shape index (κ1) is 21.2. The third-order valence-electron chi connectivity index (χ3n) is 5.69. The largest absolute Gasteiger partial charge is 0.497 e. The molecule has 0 bridgehead atoms. The fraction of sp³-hybridized carbons (Fsp3) is 0.200. The van der Waals surface area contributed by atoms with Crippen LogP contribution in [0.3, 0.4) is 0 Å². The van der Waals surface area contributed by atoms with Crippen LogP contribution in [0.2, 0.25) is 0 Å². The number of hydrogen-bond donors (Lipinski definition) is 0. The number of fused-ring (bicyclic) bond motifs is 6. The van der Waals surface area contributed by atoms with E-state index in [1.54, 1.807) is 43.5 Å². The average molecular weight is 467 g/mol. The molecule has 0 aliphatic carbocycles. The van der Waals surface area contributed by atoms with Gasteiger partial charge in [-0.3, -0.25) is 4.79 Å². The predicted octanol–water partition coefficient (Wildman–Crippen LogP) is 4.90. The summed E-state index contributed by atoms with van der Waals surface area (Å²) < 4.78 is 28.1. The number of hydrogen-bond acceptors (Lipinski definition) is 7. The molecule has 1 atom stereocenters. The minimum absolute atomic E-state index is 0.233. The van der Waals surface area contributed by atoms with Crippen molar-refractivity contribution < 1.29 is 33.3 Å². The minimum Gasteiger partial charge on any atom is -0.497 e. The monoisotopic (exact) mass is 466 g/mol. The van der Waals surface area contributed by atoms with Crippen LogP contribution in [0.1, 0.15) is 39.5 Å². The number of esters is 2. The Morgan fingerprint density at radius 1 is 0.970 bits per heavy atom. The molecule has 1 unspecified atom stereocenters. The number of carbonyl (C=O) groups is 2. The summed E-state index contributed by atoms with van der Waals surface area (Å²) in [5.74, 6) is 1.34. The van der Waals surface area contributed by atoms with Crippen molar-refractivity contribution in [2.24, 2.45) is 0 Å². The van der Waals surface area contributed by atoms with E-state index in [9.17, 15) is 9.59 Å². The summed E-state index contributed by atoms with van der Waals surface area (Å²) in [5, 5.41) is 0. The summed E-state index contributed by atoms with van der Waals surface area (Å²) >= 11 is 6.00. The molecule has 0 radical (unpaired) electrons. The first-order valence-corrected chi connectivity index (χ1v) is 10.7. The van der Waals surface area contributed by atoms with E-state index in [1.165, 1.54) is 6.92 Å². The zero-order valence-electron chi connectivity index (χ0n) is 17.8. The van der Waals surface area contributed by atoms with Gasteiger partial charge in [0.05, 0.1) is 12.7 Å². The zero-order chi connectivity index (χ0) is 23.2. The topological polar surface area (TPSA) is 80.3 Å². The molecule has 5 rings (SSSR count). The highest BCUT2D eigenvalue weighted by atomic mass is 35.5. The number of benzene rings is 3. The Morgan fingerprint density at radius 3 is 2.30 bits per heavy atom. The maximum absolute atomic E-state index is 13.0. The third-order valence-corrected chi connectivity index (χ3v) is 6.00. The molecule has 0 saturated heterocycles. The lowest BCUT2D eigenvalue weighted by Gasteiger charge is -2.36. The molecular formula is C25H19ClO7. The van der Waals surface area contributed by atoms with Crippen LogP contribution in [0.5, 0.6) is 23.0 Å². The van der Waals surface area contributed by atoms with Gasteiger partial charge < -0.3 is 23.7 Å². The van der Waals surface area contributed by atoms with Gasteiger partial charge >= 0.3 is 11.9 Å². The van der Waals surface area contributed by atoms with Gasteiger partial charge in [-0.2, -0.15) is 0 Å². The van der Waals surface area contributed by atoms with Crippen LogP contribution in [0.25, 0.3) is 0 Å². The van der Waals surface area contributed by atoms with Crippen molar-refractivity contribution in [3.8, 4) is 23.0 Å². The fourth-order valence-electron chi connectivity index (χ4n) is 4.22. The van der Waals surface area contributed by atoms with Crippen LogP contribution in [0.15, 0.2) is 54.6 Å². The first-order valence-electron chi connectivity index (χ1n) is 10.2. The number of carbonyl (C=O) groups excluding carboxylic acids is 2. The lowest BCUT2D eigenvalue weighted by Crippen LogP contribution is -2.33. The van der Waals surface area contributed by atoms with Crippen LogP contribution in [0.4, 0.5) is 0 Å². The third kappa shape index (κ3) is 3.36. The van der Waals surface area contributed by atoms with Gasteiger partial charge in [0.25, 0.3) is 0 Å². The molecule has 1 spiro atoms. The fourth-order valence-corrected chi connectivity index (χ4v) is 4.38. The summed E-state index contributed by atoms with van der Waals surface area (Å²) in [7, 11) is 1.56. The van der Waals surface area contributed by atoms with Crippen LogP contribution < -0.4 is 14.2 Å². The van der Waals surface area contributed by atoms with Gasteiger partial charge in [-0.15, -0.1) is 11.6 Å². The highest BCUT2D eigenvalue weighted by Crippen LogP contribution is 2.57. The summed E-state index contributed by atoms with van der Waals surface area (Å²) in [5.41, 5.74) is 2.09. The second-order valence-corrected chi connectivity index (χ2v) is 7.87. The van der Waals surface area contributed by atoms with Crippen molar-refractivity contribution in [1.29, 1.82) is 0 Å². The highest BCUT2D eigenvalue weighted by Gasteiger charge is 2.53. The van der Waals surface area contributed by atoms with Crippen LogP contribution in [-0.4, -0.2) is 25.8 Å². The lowest BCUT2D eigenvalue weighted by molar-refractivity contribution is -0.147. The van der Waals surface area contributed by atoms with Gasteiger partial charge in [-0.25, -0.2) is 4.79 Å². The Hall–Kier alpha value is -3.71. The standard InChI is InChI=1S/C25H19ClO7/c1-14(27)30-13-31-17-5-8-21-23(11-17)32-22-10-16(29-2)4-7-20(22)25(21)19-6-3-15(12-26)9-18(19)24(28)33-25/h3-11H,12-13H2,1-2H3. The minimum atomic E-state index is -1.21. The van der Waals surface area contributed by atoms with Crippen molar-refractivity contribution in [2.45, 2.75) is 18.4 Å². The van der Waals surface area contributed by atoms with Crippen LogP contribution >= 0.6 is 11.6 Å². The highest BCUT2D eigenvalue weighted by molar-refractivity contribution is 6.17. The van der Waals surface area contributed by atoms with Crippen molar-refractivity contribution in [2.75, 3.05) is 13.9 Å². The molecule has 2 aliphatic rings. The van der Waals surface area contributed by atoms with Gasteiger partial charge in [0.15, 0.2) is 5.60 Å².